The Kier molecular flexibility index (Phi) is 6.28. The number of carbonyl (C=O) groups is 2. The zero-order chi connectivity index (χ0) is 20.1. The van der Waals surface area contributed by atoms with E-state index in [1.54, 1.807) is 30.3 Å². The molecule has 0 bridgehead atoms. The van der Waals surface area contributed by atoms with Gasteiger partial charge in [-0.15, -0.1) is 11.3 Å². The lowest BCUT2D eigenvalue weighted by atomic mass is 10.00. The summed E-state index contributed by atoms with van der Waals surface area (Å²) in [5, 5.41) is 12.8. The van der Waals surface area contributed by atoms with Crippen molar-refractivity contribution in [2.24, 2.45) is 0 Å². The van der Waals surface area contributed by atoms with Crippen molar-refractivity contribution in [3.05, 3.63) is 70.4 Å². The first-order chi connectivity index (χ1) is 13.6. The van der Waals surface area contributed by atoms with E-state index >= 15 is 0 Å². The van der Waals surface area contributed by atoms with Crippen LogP contribution in [0.15, 0.2) is 60.0 Å². The summed E-state index contributed by atoms with van der Waals surface area (Å²) < 4.78 is 10.5. The fourth-order valence-electron chi connectivity index (χ4n) is 3.06. The second kappa shape index (κ2) is 8.86. The van der Waals surface area contributed by atoms with E-state index in [0.717, 1.165) is 4.88 Å². The molecule has 1 aromatic heterocycles. The Morgan fingerprint density at radius 3 is 2.64 bits per heavy atom. The van der Waals surface area contributed by atoms with Gasteiger partial charge in [-0.05, 0) is 35.7 Å². The van der Waals surface area contributed by atoms with E-state index in [0.29, 0.717) is 24.5 Å². The van der Waals surface area contributed by atoms with Crippen molar-refractivity contribution in [2.75, 3.05) is 26.9 Å². The number of ketones is 1. The summed E-state index contributed by atoms with van der Waals surface area (Å²) >= 11 is 1.43. The van der Waals surface area contributed by atoms with Gasteiger partial charge in [0, 0.05) is 24.1 Å². The van der Waals surface area contributed by atoms with Crippen molar-refractivity contribution in [1.29, 1.82) is 0 Å². The van der Waals surface area contributed by atoms with E-state index in [2.05, 4.69) is 6.58 Å². The largest absolute Gasteiger partial charge is 0.507 e. The van der Waals surface area contributed by atoms with Crippen molar-refractivity contribution in [3.63, 3.8) is 0 Å². The van der Waals surface area contributed by atoms with Gasteiger partial charge in [-0.3, -0.25) is 9.59 Å². The standard InChI is InChI=1S/C21H21NO5S/c1-3-11-27-15-8-6-14(7-9-15)19(23)17-18(16-5-4-13-28-16)22(10-12-26-2)21(25)20(17)24/h3-9,13,18,23H,1,10-12H2,2H3/t18-/m0/s1. The normalized spacial score (nSPS) is 18.5. The molecule has 1 amide bonds. The first kappa shape index (κ1) is 19.9. The molecular formula is C21H21NO5S. The van der Waals surface area contributed by atoms with Gasteiger partial charge in [0.05, 0.1) is 18.2 Å². The molecule has 28 heavy (non-hydrogen) atoms. The minimum atomic E-state index is -0.695. The van der Waals surface area contributed by atoms with Gasteiger partial charge in [0.2, 0.25) is 0 Å². The van der Waals surface area contributed by atoms with Crippen LogP contribution in [-0.4, -0.2) is 48.6 Å². The Hall–Kier alpha value is -2.90. The maximum absolute atomic E-state index is 12.7. The van der Waals surface area contributed by atoms with E-state index in [-0.39, 0.29) is 17.9 Å². The van der Waals surface area contributed by atoms with Crippen LogP contribution in [0.25, 0.3) is 5.76 Å². The van der Waals surface area contributed by atoms with Gasteiger partial charge in [0.25, 0.3) is 11.7 Å². The number of hydrogen-bond acceptors (Lipinski definition) is 6. The summed E-state index contributed by atoms with van der Waals surface area (Å²) in [5.74, 6) is -0.916. The maximum Gasteiger partial charge on any atom is 0.295 e. The number of methoxy groups -OCH3 is 1. The Morgan fingerprint density at radius 2 is 2.04 bits per heavy atom. The number of carbonyl (C=O) groups excluding carboxylic acids is 2. The molecular weight excluding hydrogens is 378 g/mol. The highest BCUT2D eigenvalue weighted by Gasteiger charge is 2.46. The van der Waals surface area contributed by atoms with Crippen LogP contribution in [0.3, 0.4) is 0 Å². The molecule has 0 radical (unpaired) electrons. The molecule has 7 heteroatoms. The van der Waals surface area contributed by atoms with E-state index in [4.69, 9.17) is 9.47 Å². The molecule has 146 valence electrons. The number of thiophene rings is 1. The summed E-state index contributed by atoms with van der Waals surface area (Å²) in [6, 6.07) is 9.76. The minimum absolute atomic E-state index is 0.0864. The highest BCUT2D eigenvalue weighted by Crippen LogP contribution is 2.40. The van der Waals surface area contributed by atoms with Crippen LogP contribution < -0.4 is 4.74 Å². The van der Waals surface area contributed by atoms with E-state index in [9.17, 15) is 14.7 Å². The van der Waals surface area contributed by atoms with Gasteiger partial charge in [0.1, 0.15) is 18.1 Å². The third kappa shape index (κ3) is 3.85. The Morgan fingerprint density at radius 1 is 1.29 bits per heavy atom. The summed E-state index contributed by atoms with van der Waals surface area (Å²) in [7, 11) is 1.53. The zero-order valence-corrected chi connectivity index (χ0v) is 16.3. The molecule has 1 saturated heterocycles. The van der Waals surface area contributed by atoms with Crippen LogP contribution in [0, 0.1) is 0 Å². The Labute approximate surface area is 167 Å². The van der Waals surface area contributed by atoms with Crippen molar-refractivity contribution in [3.8, 4) is 5.75 Å². The van der Waals surface area contributed by atoms with Crippen molar-refractivity contribution < 1.29 is 24.2 Å². The van der Waals surface area contributed by atoms with Gasteiger partial charge < -0.3 is 19.5 Å². The van der Waals surface area contributed by atoms with Crippen LogP contribution in [-0.2, 0) is 14.3 Å². The molecule has 6 nitrogen and oxygen atoms in total. The van der Waals surface area contributed by atoms with E-state index in [1.165, 1.54) is 23.3 Å². The van der Waals surface area contributed by atoms with Gasteiger partial charge in [-0.25, -0.2) is 0 Å². The average molecular weight is 399 g/mol. The number of likely N-dealkylation sites (tertiary alicyclic amines) is 1. The number of aliphatic hydroxyl groups is 1. The number of ether oxygens (including phenoxy) is 2. The molecule has 3 rings (SSSR count). The molecule has 1 aliphatic heterocycles. The predicted molar refractivity (Wildman–Crippen MR) is 107 cm³/mol. The minimum Gasteiger partial charge on any atom is -0.507 e. The lowest BCUT2D eigenvalue weighted by molar-refractivity contribution is -0.140. The first-order valence-corrected chi connectivity index (χ1v) is 9.61. The molecule has 1 N–H and O–H groups in total. The number of nitrogens with zero attached hydrogens (tertiary/aromatic N) is 1. The molecule has 0 spiro atoms. The molecule has 1 atom stereocenters. The van der Waals surface area contributed by atoms with Crippen LogP contribution in [0.4, 0.5) is 0 Å². The molecule has 1 aliphatic rings. The molecule has 2 aromatic rings. The highest BCUT2D eigenvalue weighted by atomic mass is 32.1. The maximum atomic E-state index is 12.7. The number of amides is 1. The summed E-state index contributed by atoms with van der Waals surface area (Å²) in [5.41, 5.74) is 0.528. The van der Waals surface area contributed by atoms with E-state index in [1.807, 2.05) is 17.5 Å². The topological polar surface area (TPSA) is 76.1 Å². The molecule has 0 saturated carbocycles. The molecule has 1 aromatic carbocycles. The number of aliphatic hydroxyl groups excluding tert-OH is 1. The van der Waals surface area contributed by atoms with Gasteiger partial charge >= 0.3 is 0 Å². The van der Waals surface area contributed by atoms with Crippen LogP contribution in [0.5, 0.6) is 5.75 Å². The Bertz CT molecular complexity index is 886. The average Bonchev–Trinajstić information content (AvgIpc) is 3.32. The fraction of sp³-hybridized carbons (Fsp3) is 0.238. The van der Waals surface area contributed by atoms with Crippen LogP contribution in [0.2, 0.25) is 0 Å². The lowest BCUT2D eigenvalue weighted by Gasteiger charge is -2.23. The van der Waals surface area contributed by atoms with Crippen molar-refractivity contribution in [2.45, 2.75) is 6.04 Å². The number of hydrogen-bond donors (Lipinski definition) is 1. The zero-order valence-electron chi connectivity index (χ0n) is 15.5. The van der Waals surface area contributed by atoms with E-state index < -0.39 is 17.7 Å². The summed E-state index contributed by atoms with van der Waals surface area (Å²) in [6.07, 6.45) is 1.64. The van der Waals surface area contributed by atoms with Crippen LogP contribution >= 0.6 is 11.3 Å². The quantitative estimate of drug-likeness (QED) is 0.319. The van der Waals surface area contributed by atoms with Crippen LogP contribution in [0.1, 0.15) is 16.5 Å². The van der Waals surface area contributed by atoms with Gasteiger partial charge in [0.15, 0.2) is 0 Å². The predicted octanol–water partition coefficient (Wildman–Crippen LogP) is 3.38. The SMILES string of the molecule is C=CCOc1ccc(C(O)=C2C(=O)C(=O)N(CCOC)[C@H]2c2cccs2)cc1. The lowest BCUT2D eigenvalue weighted by Crippen LogP contribution is -2.32. The first-order valence-electron chi connectivity index (χ1n) is 8.73. The van der Waals surface area contributed by atoms with Gasteiger partial charge in [-0.2, -0.15) is 0 Å². The number of benzene rings is 1. The second-order valence-corrected chi connectivity index (χ2v) is 7.10. The smallest absolute Gasteiger partial charge is 0.295 e. The monoisotopic (exact) mass is 399 g/mol. The third-order valence-electron chi connectivity index (χ3n) is 4.38. The number of rotatable bonds is 8. The molecule has 0 unspecified atom stereocenters. The second-order valence-electron chi connectivity index (χ2n) is 6.12. The molecule has 0 aliphatic carbocycles. The summed E-state index contributed by atoms with van der Waals surface area (Å²) in [4.78, 5) is 27.6. The fourth-order valence-corrected chi connectivity index (χ4v) is 3.91. The highest BCUT2D eigenvalue weighted by molar-refractivity contribution is 7.10. The van der Waals surface area contributed by atoms with Gasteiger partial charge in [-0.1, -0.05) is 18.7 Å². The number of Topliss-reactive ketones (excluding diaryl/α,β-unsaturated/α-hetero) is 1. The van der Waals surface area contributed by atoms with Crippen molar-refractivity contribution in [1.82, 2.24) is 4.90 Å². The summed E-state index contributed by atoms with van der Waals surface area (Å²) in [6.45, 7) is 4.52. The molecule has 1 fully saturated rings. The third-order valence-corrected chi connectivity index (χ3v) is 5.31. The Balaban J connectivity index is 2.01. The molecule has 2 heterocycles. The van der Waals surface area contributed by atoms with Crippen molar-refractivity contribution >= 4 is 28.8 Å².